The molecule has 2 aromatic heterocycles. The zero-order valence-corrected chi connectivity index (χ0v) is 24.4. The summed E-state index contributed by atoms with van der Waals surface area (Å²) in [5.41, 5.74) is 10.2. The first-order valence-corrected chi connectivity index (χ1v) is 15.2. The lowest BCUT2D eigenvalue weighted by Gasteiger charge is -2.33. The molecule has 0 bridgehead atoms. The minimum Gasteiger partial charge on any atom is -0.336 e. The van der Waals surface area contributed by atoms with Crippen LogP contribution in [0.25, 0.3) is 61.7 Å². The van der Waals surface area contributed by atoms with Crippen molar-refractivity contribution in [2.24, 2.45) is 0 Å². The molecule has 1 aliphatic rings. The molecule has 0 unspecified atom stereocenters. The lowest BCUT2D eigenvalue weighted by atomic mass is 9.89. The van der Waals surface area contributed by atoms with Crippen LogP contribution < -0.4 is 4.90 Å². The van der Waals surface area contributed by atoms with Crippen LogP contribution in [0.3, 0.4) is 0 Å². The molecule has 0 spiro atoms. The molecule has 0 saturated carbocycles. The average molecular weight is 578 g/mol. The van der Waals surface area contributed by atoms with Gasteiger partial charge in [0.25, 0.3) is 0 Å². The smallest absolute Gasteiger partial charge is 0.238 e. The van der Waals surface area contributed by atoms with Crippen molar-refractivity contribution in [3.63, 3.8) is 0 Å². The molecule has 8 aromatic rings. The first-order valence-electron chi connectivity index (χ1n) is 15.2. The fourth-order valence-electron chi connectivity index (χ4n) is 6.67. The summed E-state index contributed by atoms with van der Waals surface area (Å²) in [5, 5.41) is 2.39. The third-order valence-electron chi connectivity index (χ3n) is 8.67. The van der Waals surface area contributed by atoms with Crippen molar-refractivity contribution in [3.05, 3.63) is 157 Å². The number of benzene rings is 6. The van der Waals surface area contributed by atoms with Crippen molar-refractivity contribution in [1.29, 1.82) is 0 Å². The molecular weight excluding hydrogens is 550 g/mol. The predicted octanol–water partition coefficient (Wildman–Crippen LogP) is 9.62. The van der Waals surface area contributed by atoms with Crippen molar-refractivity contribution in [3.8, 4) is 39.9 Å². The molecule has 0 saturated heterocycles. The van der Waals surface area contributed by atoms with E-state index in [-0.39, 0.29) is 0 Å². The van der Waals surface area contributed by atoms with Crippen molar-refractivity contribution < 1.29 is 0 Å². The predicted molar refractivity (Wildman–Crippen MR) is 183 cm³/mol. The SMILES string of the molecule is c1ccc(-c2nc(-c3ccccc3)nc(-n3c4ccccc4c4c5c(ccc43)CN(c3ccccc3)c3ccccc3-5)n2)cc1. The summed E-state index contributed by atoms with van der Waals surface area (Å²) in [6, 6.07) is 52.8. The van der Waals surface area contributed by atoms with Crippen molar-refractivity contribution >= 4 is 33.2 Å². The topological polar surface area (TPSA) is 46.8 Å². The first kappa shape index (κ1) is 25.4. The Hall–Kier alpha value is -6.07. The van der Waals surface area contributed by atoms with Gasteiger partial charge >= 0.3 is 0 Å². The van der Waals surface area contributed by atoms with Gasteiger partial charge in [0.05, 0.1) is 11.0 Å². The summed E-state index contributed by atoms with van der Waals surface area (Å²) in [7, 11) is 0. The minimum atomic E-state index is 0.601. The van der Waals surface area contributed by atoms with Gasteiger partial charge in [0, 0.05) is 45.4 Å². The van der Waals surface area contributed by atoms with E-state index in [9.17, 15) is 0 Å². The highest BCUT2D eigenvalue weighted by molar-refractivity contribution is 6.17. The molecule has 6 aromatic carbocycles. The van der Waals surface area contributed by atoms with E-state index < -0.39 is 0 Å². The van der Waals surface area contributed by atoms with Gasteiger partial charge in [0.15, 0.2) is 11.6 Å². The highest BCUT2D eigenvalue weighted by atomic mass is 15.2. The number of hydrogen-bond donors (Lipinski definition) is 0. The Balaban J connectivity index is 1.33. The molecule has 0 N–H and O–H groups in total. The molecule has 45 heavy (non-hydrogen) atoms. The maximum atomic E-state index is 5.11. The molecule has 0 radical (unpaired) electrons. The Morgan fingerprint density at radius 3 is 1.80 bits per heavy atom. The summed E-state index contributed by atoms with van der Waals surface area (Å²) in [5.74, 6) is 1.89. The van der Waals surface area contributed by atoms with Crippen molar-refractivity contribution in [2.75, 3.05) is 4.90 Å². The van der Waals surface area contributed by atoms with Gasteiger partial charge in [-0.1, -0.05) is 121 Å². The summed E-state index contributed by atoms with van der Waals surface area (Å²) < 4.78 is 2.21. The Morgan fingerprint density at radius 2 is 1.09 bits per heavy atom. The van der Waals surface area contributed by atoms with E-state index in [0.29, 0.717) is 17.6 Å². The van der Waals surface area contributed by atoms with Crippen LogP contribution in [0.5, 0.6) is 0 Å². The quantitative estimate of drug-likeness (QED) is 0.209. The molecule has 5 heteroatoms. The molecule has 0 aliphatic carbocycles. The van der Waals surface area contributed by atoms with Gasteiger partial charge in [-0.25, -0.2) is 4.98 Å². The van der Waals surface area contributed by atoms with E-state index in [2.05, 4.69) is 100 Å². The van der Waals surface area contributed by atoms with Gasteiger partial charge in [-0.2, -0.15) is 9.97 Å². The van der Waals surface area contributed by atoms with Crippen LogP contribution in [-0.4, -0.2) is 19.5 Å². The molecule has 212 valence electrons. The number of aromatic nitrogens is 4. The number of rotatable bonds is 4. The van der Waals surface area contributed by atoms with E-state index in [1.807, 2.05) is 60.7 Å². The van der Waals surface area contributed by atoms with Crippen molar-refractivity contribution in [1.82, 2.24) is 19.5 Å². The number of anilines is 2. The van der Waals surface area contributed by atoms with E-state index >= 15 is 0 Å². The molecule has 3 heterocycles. The van der Waals surface area contributed by atoms with E-state index in [1.54, 1.807) is 0 Å². The molecule has 0 atom stereocenters. The fraction of sp³-hybridized carbons (Fsp3) is 0.0250. The zero-order chi connectivity index (χ0) is 29.7. The van der Waals surface area contributed by atoms with Crippen LogP contribution in [0.4, 0.5) is 11.4 Å². The molecule has 0 fully saturated rings. The van der Waals surface area contributed by atoms with Gasteiger partial charge in [-0.05, 0) is 41.5 Å². The second kappa shape index (κ2) is 10.3. The molecule has 9 rings (SSSR count). The van der Waals surface area contributed by atoms with Crippen LogP contribution >= 0.6 is 0 Å². The second-order valence-corrected chi connectivity index (χ2v) is 11.3. The summed E-state index contributed by atoms with van der Waals surface area (Å²) in [6.07, 6.45) is 0. The lowest BCUT2D eigenvalue weighted by Crippen LogP contribution is -2.21. The van der Waals surface area contributed by atoms with Crippen LogP contribution in [0.2, 0.25) is 0 Å². The van der Waals surface area contributed by atoms with Crippen LogP contribution in [0.15, 0.2) is 152 Å². The monoisotopic (exact) mass is 577 g/mol. The Kier molecular flexibility index (Phi) is 5.81. The first-order chi connectivity index (χ1) is 22.3. The van der Waals surface area contributed by atoms with Gasteiger partial charge in [-0.3, -0.25) is 4.57 Å². The summed E-state index contributed by atoms with van der Waals surface area (Å²) in [4.78, 5) is 17.6. The van der Waals surface area contributed by atoms with Crippen LogP contribution in [0.1, 0.15) is 5.56 Å². The number of para-hydroxylation sites is 3. The lowest BCUT2D eigenvalue weighted by molar-refractivity contribution is 0.949. The molecular formula is C40H27N5. The number of hydrogen-bond acceptors (Lipinski definition) is 4. The number of fused-ring (bicyclic) bond motifs is 7. The Morgan fingerprint density at radius 1 is 0.489 bits per heavy atom. The maximum Gasteiger partial charge on any atom is 0.238 e. The highest BCUT2D eigenvalue weighted by Gasteiger charge is 2.28. The highest BCUT2D eigenvalue weighted by Crippen LogP contribution is 2.48. The normalized spacial score (nSPS) is 12.3. The fourth-order valence-corrected chi connectivity index (χ4v) is 6.67. The standard InChI is InChI=1S/C40H27N5/c1-4-14-27(15-5-1)38-41-39(28-16-6-2-7-17-28)43-40(42-38)45-34-23-13-11-21-32(34)37-35(45)25-24-29-26-44(30-18-8-3-9-19-30)33-22-12-10-20-31(33)36(29)37/h1-25H,26H2. The summed E-state index contributed by atoms with van der Waals surface area (Å²) >= 11 is 0. The van der Waals surface area contributed by atoms with E-state index in [1.165, 1.54) is 38.8 Å². The van der Waals surface area contributed by atoms with Crippen molar-refractivity contribution in [2.45, 2.75) is 6.54 Å². The molecule has 5 nitrogen and oxygen atoms in total. The second-order valence-electron chi connectivity index (χ2n) is 11.3. The van der Waals surface area contributed by atoms with Gasteiger partial charge in [0.1, 0.15) is 0 Å². The number of nitrogens with zero attached hydrogens (tertiary/aromatic N) is 5. The van der Waals surface area contributed by atoms with E-state index in [4.69, 9.17) is 15.0 Å². The van der Waals surface area contributed by atoms with Crippen LogP contribution in [0, 0.1) is 0 Å². The minimum absolute atomic E-state index is 0.601. The largest absolute Gasteiger partial charge is 0.336 e. The third kappa shape index (κ3) is 4.13. The third-order valence-corrected chi connectivity index (χ3v) is 8.67. The van der Waals surface area contributed by atoms with Gasteiger partial charge in [-0.15, -0.1) is 0 Å². The zero-order valence-electron chi connectivity index (χ0n) is 24.4. The van der Waals surface area contributed by atoms with E-state index in [0.717, 1.165) is 28.7 Å². The molecule has 1 aliphatic heterocycles. The summed E-state index contributed by atoms with van der Waals surface area (Å²) in [6.45, 7) is 0.786. The van der Waals surface area contributed by atoms with Gasteiger partial charge in [0.2, 0.25) is 5.95 Å². The molecule has 0 amide bonds. The Labute approximate surface area is 260 Å². The van der Waals surface area contributed by atoms with Crippen LogP contribution in [-0.2, 0) is 6.54 Å². The Bertz CT molecular complexity index is 2290. The average Bonchev–Trinajstić information content (AvgIpc) is 3.46. The van der Waals surface area contributed by atoms with Gasteiger partial charge < -0.3 is 4.90 Å². The maximum absolute atomic E-state index is 5.11.